The van der Waals surface area contributed by atoms with E-state index in [1.54, 1.807) is 19.2 Å². The maximum absolute atomic E-state index is 13.7. The highest BCUT2D eigenvalue weighted by atomic mass is 19.1. The lowest BCUT2D eigenvalue weighted by Crippen LogP contribution is -2.36. The molecule has 0 amide bonds. The highest BCUT2D eigenvalue weighted by Crippen LogP contribution is 2.26. The van der Waals surface area contributed by atoms with Gasteiger partial charge in [0.25, 0.3) is 0 Å². The number of rotatable bonds is 6. The largest absolute Gasteiger partial charge is 0.461 e. The molecule has 1 aliphatic heterocycles. The van der Waals surface area contributed by atoms with Crippen molar-refractivity contribution in [1.29, 1.82) is 0 Å². The molecule has 2 aliphatic rings. The Balaban J connectivity index is 1.51. The molecule has 1 aromatic rings. The average molecular weight is 361 g/mol. The Labute approximate surface area is 154 Å². The van der Waals surface area contributed by atoms with Gasteiger partial charge in [-0.15, -0.1) is 0 Å². The number of carbonyl (C=O) groups is 1. The molecule has 26 heavy (non-hydrogen) atoms. The molecule has 0 bridgehead atoms. The van der Waals surface area contributed by atoms with Crippen LogP contribution in [0.25, 0.3) is 6.08 Å². The first-order valence-electron chi connectivity index (χ1n) is 9.66. The zero-order valence-corrected chi connectivity index (χ0v) is 15.4. The summed E-state index contributed by atoms with van der Waals surface area (Å²) in [5.74, 6) is -1.06. The first kappa shape index (κ1) is 18.8. The van der Waals surface area contributed by atoms with Gasteiger partial charge in [0, 0.05) is 31.4 Å². The number of esters is 1. The molecule has 6 heteroatoms. The normalized spacial score (nSPS) is 22.4. The van der Waals surface area contributed by atoms with Gasteiger partial charge < -0.3 is 10.1 Å². The fourth-order valence-electron chi connectivity index (χ4n) is 3.87. The van der Waals surface area contributed by atoms with Crippen LogP contribution in [0, 0.1) is 0 Å². The standard InChI is InChI=1S/C20H28FN3O2/c1-2-26-20(25)18(21)12-15-8-9-19(22-13-15)23-16-10-11-24(14-16)17-6-4-3-5-7-17/h8-9,12-13,16-17H,2-7,10-11,14H2,1H3,(H,22,23)/b18-12-/t16-/m1/s1. The van der Waals surface area contributed by atoms with E-state index < -0.39 is 11.8 Å². The van der Waals surface area contributed by atoms with E-state index in [1.165, 1.54) is 32.1 Å². The van der Waals surface area contributed by atoms with Gasteiger partial charge in [0.2, 0.25) is 5.83 Å². The Bertz CT molecular complexity index is 626. The summed E-state index contributed by atoms with van der Waals surface area (Å²) in [4.78, 5) is 18.3. The Kier molecular flexibility index (Phi) is 6.61. The van der Waals surface area contributed by atoms with E-state index in [0.29, 0.717) is 11.6 Å². The highest BCUT2D eigenvalue weighted by molar-refractivity contribution is 5.91. The van der Waals surface area contributed by atoms with E-state index in [1.807, 2.05) is 6.07 Å². The third-order valence-electron chi connectivity index (χ3n) is 5.21. The van der Waals surface area contributed by atoms with Crippen LogP contribution in [0.2, 0.25) is 0 Å². The number of hydrogen-bond donors (Lipinski definition) is 1. The number of nitrogens with zero attached hydrogens (tertiary/aromatic N) is 2. The molecule has 1 saturated carbocycles. The van der Waals surface area contributed by atoms with Gasteiger partial charge >= 0.3 is 5.97 Å². The van der Waals surface area contributed by atoms with E-state index in [9.17, 15) is 9.18 Å². The Morgan fingerprint density at radius 1 is 1.35 bits per heavy atom. The number of nitrogens with one attached hydrogen (secondary N) is 1. The molecule has 3 rings (SSSR count). The van der Waals surface area contributed by atoms with Gasteiger partial charge in [-0.3, -0.25) is 4.90 Å². The van der Waals surface area contributed by atoms with Gasteiger partial charge in [0.05, 0.1) is 6.61 Å². The summed E-state index contributed by atoms with van der Waals surface area (Å²) >= 11 is 0. The van der Waals surface area contributed by atoms with E-state index in [2.05, 4.69) is 19.9 Å². The van der Waals surface area contributed by atoms with E-state index >= 15 is 0 Å². The molecule has 1 atom stereocenters. The first-order valence-corrected chi connectivity index (χ1v) is 9.66. The lowest BCUT2D eigenvalue weighted by atomic mass is 9.94. The minimum atomic E-state index is -0.941. The van der Waals surface area contributed by atoms with Crippen LogP contribution >= 0.6 is 0 Å². The molecule has 2 fully saturated rings. The van der Waals surface area contributed by atoms with Crippen molar-refractivity contribution in [3.63, 3.8) is 0 Å². The second-order valence-corrected chi connectivity index (χ2v) is 7.11. The summed E-state index contributed by atoms with van der Waals surface area (Å²) in [6.45, 7) is 4.01. The molecule has 0 aromatic carbocycles. The topological polar surface area (TPSA) is 54.5 Å². The number of ether oxygens (including phenoxy) is 1. The smallest absolute Gasteiger partial charge is 0.367 e. The Morgan fingerprint density at radius 2 is 2.15 bits per heavy atom. The molecule has 5 nitrogen and oxygen atoms in total. The third-order valence-corrected chi connectivity index (χ3v) is 5.21. The molecule has 0 radical (unpaired) electrons. The van der Waals surface area contributed by atoms with Crippen LogP contribution in [0.15, 0.2) is 24.2 Å². The summed E-state index contributed by atoms with van der Waals surface area (Å²) in [6, 6.07) is 4.74. The molecule has 1 N–H and O–H groups in total. The SMILES string of the molecule is CCOC(=O)/C(F)=C/c1ccc(N[C@@H]2CCN(C3CCCCC3)C2)nc1. The predicted octanol–water partition coefficient (Wildman–Crippen LogP) is 3.77. The third kappa shape index (κ3) is 5.04. The van der Waals surface area contributed by atoms with Crippen LogP contribution < -0.4 is 5.32 Å². The molecule has 1 saturated heterocycles. The lowest BCUT2D eigenvalue weighted by molar-refractivity contribution is -0.140. The number of hydrogen-bond acceptors (Lipinski definition) is 5. The molecule has 1 aromatic heterocycles. The van der Waals surface area contributed by atoms with Crippen molar-refractivity contribution in [3.8, 4) is 0 Å². The van der Waals surface area contributed by atoms with Crippen LogP contribution in [0.5, 0.6) is 0 Å². The molecule has 1 aliphatic carbocycles. The number of likely N-dealkylation sites (tertiary alicyclic amines) is 1. The van der Waals surface area contributed by atoms with E-state index in [-0.39, 0.29) is 6.61 Å². The first-order chi connectivity index (χ1) is 12.7. The Hall–Kier alpha value is -1.95. The molecule has 2 heterocycles. The van der Waals surface area contributed by atoms with Crippen LogP contribution in [0.1, 0.15) is 51.0 Å². The highest BCUT2D eigenvalue weighted by Gasteiger charge is 2.29. The van der Waals surface area contributed by atoms with Crippen molar-refractivity contribution in [2.45, 2.75) is 57.5 Å². The summed E-state index contributed by atoms with van der Waals surface area (Å²) in [6.07, 6.45) is 10.6. The summed E-state index contributed by atoms with van der Waals surface area (Å²) < 4.78 is 18.3. The van der Waals surface area contributed by atoms with Gasteiger partial charge in [0.15, 0.2) is 0 Å². The number of anilines is 1. The number of halogens is 1. The average Bonchev–Trinajstić information content (AvgIpc) is 3.13. The minimum absolute atomic E-state index is 0.153. The molecular formula is C20H28FN3O2. The van der Waals surface area contributed by atoms with Gasteiger partial charge in [-0.25, -0.2) is 9.78 Å². The zero-order valence-electron chi connectivity index (χ0n) is 15.4. The summed E-state index contributed by atoms with van der Waals surface area (Å²) in [5.41, 5.74) is 0.538. The van der Waals surface area contributed by atoms with Crippen molar-refractivity contribution < 1.29 is 13.9 Å². The van der Waals surface area contributed by atoms with Crippen molar-refractivity contribution in [2.24, 2.45) is 0 Å². The van der Waals surface area contributed by atoms with Crippen molar-refractivity contribution in [1.82, 2.24) is 9.88 Å². The lowest BCUT2D eigenvalue weighted by Gasteiger charge is -2.31. The van der Waals surface area contributed by atoms with Crippen molar-refractivity contribution >= 4 is 17.9 Å². The molecule has 0 unspecified atom stereocenters. The summed E-state index contributed by atoms with van der Waals surface area (Å²) in [7, 11) is 0. The van der Waals surface area contributed by atoms with E-state index in [0.717, 1.165) is 37.4 Å². The number of carbonyl (C=O) groups excluding carboxylic acids is 1. The van der Waals surface area contributed by atoms with Crippen LogP contribution in [0.4, 0.5) is 10.2 Å². The van der Waals surface area contributed by atoms with Crippen molar-refractivity contribution in [3.05, 3.63) is 29.7 Å². The van der Waals surface area contributed by atoms with Gasteiger partial charge in [0.1, 0.15) is 5.82 Å². The predicted molar refractivity (Wildman–Crippen MR) is 100 cm³/mol. The number of aromatic nitrogens is 1. The van der Waals surface area contributed by atoms with Crippen molar-refractivity contribution in [2.75, 3.05) is 25.0 Å². The molecule has 0 spiro atoms. The molecule has 142 valence electrons. The second-order valence-electron chi connectivity index (χ2n) is 7.11. The van der Waals surface area contributed by atoms with Gasteiger partial charge in [-0.05, 0) is 50.0 Å². The fourth-order valence-corrected chi connectivity index (χ4v) is 3.87. The Morgan fingerprint density at radius 3 is 2.85 bits per heavy atom. The summed E-state index contributed by atoms with van der Waals surface area (Å²) in [5, 5.41) is 3.47. The molecular weight excluding hydrogens is 333 g/mol. The minimum Gasteiger partial charge on any atom is -0.461 e. The van der Waals surface area contributed by atoms with E-state index in [4.69, 9.17) is 0 Å². The van der Waals surface area contributed by atoms with Crippen LogP contribution in [-0.4, -0.2) is 47.6 Å². The van der Waals surface area contributed by atoms with Crippen LogP contribution in [0.3, 0.4) is 0 Å². The monoisotopic (exact) mass is 361 g/mol. The quantitative estimate of drug-likeness (QED) is 0.617. The van der Waals surface area contributed by atoms with Crippen LogP contribution in [-0.2, 0) is 9.53 Å². The second kappa shape index (κ2) is 9.12. The number of pyridine rings is 1. The maximum atomic E-state index is 13.7. The van der Waals surface area contributed by atoms with Gasteiger partial charge in [-0.1, -0.05) is 19.3 Å². The fraction of sp³-hybridized carbons (Fsp3) is 0.600. The van der Waals surface area contributed by atoms with Gasteiger partial charge in [-0.2, -0.15) is 4.39 Å². The maximum Gasteiger partial charge on any atom is 0.367 e. The zero-order chi connectivity index (χ0) is 18.4.